The van der Waals surface area contributed by atoms with E-state index in [9.17, 15) is 9.59 Å². The molecular weight excluding hydrogens is 206 g/mol. The minimum atomic E-state index is -1.07. The fourth-order valence-electron chi connectivity index (χ4n) is 1.35. The Morgan fingerprint density at radius 1 is 1.12 bits per heavy atom. The lowest BCUT2D eigenvalue weighted by Crippen LogP contribution is -2.47. The largest absolute Gasteiger partial charge is 0.481 e. The highest BCUT2D eigenvalue weighted by Gasteiger charge is 2.38. The van der Waals surface area contributed by atoms with Gasteiger partial charge in [0.2, 0.25) is 5.91 Å². The van der Waals surface area contributed by atoms with Gasteiger partial charge in [0.1, 0.15) is 5.92 Å². The summed E-state index contributed by atoms with van der Waals surface area (Å²) in [4.78, 5) is 22.9. The molecule has 0 aromatic heterocycles. The van der Waals surface area contributed by atoms with Crippen molar-refractivity contribution in [3.05, 3.63) is 0 Å². The van der Waals surface area contributed by atoms with Crippen LogP contribution in [0.25, 0.3) is 0 Å². The van der Waals surface area contributed by atoms with Gasteiger partial charge >= 0.3 is 5.97 Å². The number of carboxylic acids is 1. The van der Waals surface area contributed by atoms with Gasteiger partial charge in [-0.15, -0.1) is 0 Å². The minimum Gasteiger partial charge on any atom is -0.481 e. The number of nitrogens with one attached hydrogen (secondary N) is 1. The standard InChI is InChI=1S/C12H23NO3/c1-7(2)8(3)13-10(14)9(11(15)16)12(4,5)6/h7-9H,1-6H3,(H,13,14)(H,15,16). The predicted molar refractivity (Wildman–Crippen MR) is 63.0 cm³/mol. The number of rotatable bonds is 4. The summed E-state index contributed by atoms with van der Waals surface area (Å²) in [6.07, 6.45) is 0. The highest BCUT2D eigenvalue weighted by molar-refractivity contribution is 5.97. The normalized spacial score (nSPS) is 15.7. The molecule has 16 heavy (non-hydrogen) atoms. The topological polar surface area (TPSA) is 66.4 Å². The predicted octanol–water partition coefficient (Wildman–Crippen LogP) is 1.89. The van der Waals surface area contributed by atoms with Crippen LogP contribution in [0.3, 0.4) is 0 Å². The molecule has 2 unspecified atom stereocenters. The monoisotopic (exact) mass is 229 g/mol. The van der Waals surface area contributed by atoms with Crippen molar-refractivity contribution in [3.63, 3.8) is 0 Å². The first-order valence-corrected chi connectivity index (χ1v) is 5.60. The van der Waals surface area contributed by atoms with Crippen LogP contribution in [0.5, 0.6) is 0 Å². The lowest BCUT2D eigenvalue weighted by Gasteiger charge is -2.28. The second-order valence-electron chi connectivity index (χ2n) is 5.68. The van der Waals surface area contributed by atoms with Gasteiger partial charge in [-0.1, -0.05) is 34.6 Å². The molecule has 0 saturated carbocycles. The molecule has 0 aliphatic rings. The Labute approximate surface area is 97.4 Å². The molecule has 0 rings (SSSR count). The van der Waals surface area contributed by atoms with Crippen molar-refractivity contribution in [2.75, 3.05) is 0 Å². The maximum Gasteiger partial charge on any atom is 0.316 e. The van der Waals surface area contributed by atoms with Crippen molar-refractivity contribution in [1.82, 2.24) is 5.32 Å². The molecule has 4 nitrogen and oxygen atoms in total. The van der Waals surface area contributed by atoms with Crippen LogP contribution < -0.4 is 5.32 Å². The number of aliphatic carboxylic acids is 1. The van der Waals surface area contributed by atoms with Gasteiger partial charge in [0.25, 0.3) is 0 Å². The second kappa shape index (κ2) is 5.32. The molecule has 0 radical (unpaired) electrons. The summed E-state index contributed by atoms with van der Waals surface area (Å²) in [5.41, 5.74) is -0.577. The highest BCUT2D eigenvalue weighted by Crippen LogP contribution is 2.26. The van der Waals surface area contributed by atoms with Crippen molar-refractivity contribution in [1.29, 1.82) is 0 Å². The van der Waals surface area contributed by atoms with Gasteiger partial charge in [-0.3, -0.25) is 9.59 Å². The summed E-state index contributed by atoms with van der Waals surface area (Å²) < 4.78 is 0. The van der Waals surface area contributed by atoms with Gasteiger partial charge in [-0.2, -0.15) is 0 Å². The second-order valence-corrected chi connectivity index (χ2v) is 5.68. The van der Waals surface area contributed by atoms with Gasteiger partial charge in [0.15, 0.2) is 0 Å². The molecule has 4 heteroatoms. The Balaban J connectivity index is 4.72. The number of hydrogen-bond acceptors (Lipinski definition) is 2. The first-order chi connectivity index (χ1) is 7.07. The molecule has 0 bridgehead atoms. The van der Waals surface area contributed by atoms with Crippen LogP contribution in [0.1, 0.15) is 41.5 Å². The van der Waals surface area contributed by atoms with Crippen molar-refractivity contribution in [2.24, 2.45) is 17.3 Å². The van der Waals surface area contributed by atoms with E-state index in [2.05, 4.69) is 5.32 Å². The van der Waals surface area contributed by atoms with Gasteiger partial charge in [0.05, 0.1) is 0 Å². The summed E-state index contributed by atoms with van der Waals surface area (Å²) >= 11 is 0. The summed E-state index contributed by atoms with van der Waals surface area (Å²) in [6, 6.07) is -0.0169. The SMILES string of the molecule is CC(C)C(C)NC(=O)C(C(=O)O)C(C)(C)C. The van der Waals surface area contributed by atoms with Crippen molar-refractivity contribution in [3.8, 4) is 0 Å². The fraction of sp³-hybridized carbons (Fsp3) is 0.833. The van der Waals surface area contributed by atoms with Crippen molar-refractivity contribution < 1.29 is 14.7 Å². The van der Waals surface area contributed by atoms with E-state index in [0.717, 1.165) is 0 Å². The van der Waals surface area contributed by atoms with Crippen LogP contribution in [0.15, 0.2) is 0 Å². The third-order valence-electron chi connectivity index (χ3n) is 2.75. The van der Waals surface area contributed by atoms with Gasteiger partial charge in [-0.05, 0) is 18.3 Å². The smallest absolute Gasteiger partial charge is 0.316 e. The first kappa shape index (κ1) is 14.9. The fourth-order valence-corrected chi connectivity index (χ4v) is 1.35. The molecule has 2 N–H and O–H groups in total. The summed E-state index contributed by atoms with van der Waals surface area (Å²) in [5.74, 6) is -2.19. The molecule has 1 amide bonds. The number of carboxylic acid groups (broad SMARTS) is 1. The molecule has 0 aliphatic carbocycles. The Kier molecular flexibility index (Phi) is 4.97. The molecule has 0 saturated heterocycles. The van der Waals surface area contributed by atoms with Crippen LogP contribution in [-0.2, 0) is 9.59 Å². The lowest BCUT2D eigenvalue weighted by atomic mass is 9.80. The van der Waals surface area contributed by atoms with Gasteiger partial charge in [-0.25, -0.2) is 0 Å². The Morgan fingerprint density at radius 2 is 1.56 bits per heavy atom. The summed E-state index contributed by atoms with van der Waals surface area (Å²) in [6.45, 7) is 11.1. The van der Waals surface area contributed by atoms with Crippen LogP contribution in [0.4, 0.5) is 0 Å². The van der Waals surface area contributed by atoms with Crippen LogP contribution in [-0.4, -0.2) is 23.0 Å². The van der Waals surface area contributed by atoms with E-state index < -0.39 is 23.2 Å². The van der Waals surface area contributed by atoms with Crippen molar-refractivity contribution in [2.45, 2.75) is 47.6 Å². The number of carbonyl (C=O) groups is 2. The molecule has 0 heterocycles. The van der Waals surface area contributed by atoms with E-state index in [4.69, 9.17) is 5.11 Å². The van der Waals surface area contributed by atoms with E-state index >= 15 is 0 Å². The van der Waals surface area contributed by atoms with Gasteiger partial charge in [0, 0.05) is 6.04 Å². The quantitative estimate of drug-likeness (QED) is 0.723. The molecule has 0 aromatic rings. The Bertz CT molecular complexity index is 266. The average molecular weight is 229 g/mol. The zero-order chi connectivity index (χ0) is 13.1. The van der Waals surface area contributed by atoms with Crippen LogP contribution in [0.2, 0.25) is 0 Å². The highest BCUT2D eigenvalue weighted by atomic mass is 16.4. The van der Waals surface area contributed by atoms with E-state index in [1.54, 1.807) is 20.8 Å². The molecule has 94 valence electrons. The van der Waals surface area contributed by atoms with Gasteiger partial charge < -0.3 is 10.4 Å². The number of hydrogen-bond donors (Lipinski definition) is 2. The zero-order valence-electron chi connectivity index (χ0n) is 11.0. The van der Waals surface area contributed by atoms with E-state index in [1.165, 1.54) is 0 Å². The van der Waals surface area contributed by atoms with E-state index in [1.807, 2.05) is 20.8 Å². The van der Waals surface area contributed by atoms with Crippen LogP contribution in [0, 0.1) is 17.3 Å². The number of amides is 1. The Morgan fingerprint density at radius 3 is 1.81 bits per heavy atom. The molecule has 2 atom stereocenters. The van der Waals surface area contributed by atoms with E-state index in [0.29, 0.717) is 5.92 Å². The first-order valence-electron chi connectivity index (χ1n) is 5.60. The average Bonchev–Trinajstić information content (AvgIpc) is 1.99. The maximum absolute atomic E-state index is 11.9. The molecule has 0 aliphatic heterocycles. The molecule has 0 fully saturated rings. The van der Waals surface area contributed by atoms with Crippen LogP contribution >= 0.6 is 0 Å². The molecule has 0 spiro atoms. The minimum absolute atomic E-state index is 0.0169. The lowest BCUT2D eigenvalue weighted by molar-refractivity contribution is -0.151. The van der Waals surface area contributed by atoms with E-state index in [-0.39, 0.29) is 6.04 Å². The maximum atomic E-state index is 11.9. The third kappa shape index (κ3) is 4.21. The summed E-state index contributed by atoms with van der Waals surface area (Å²) in [7, 11) is 0. The molecule has 0 aromatic carbocycles. The molecular formula is C12H23NO3. The summed E-state index contributed by atoms with van der Waals surface area (Å²) in [5, 5.41) is 11.8. The third-order valence-corrected chi connectivity index (χ3v) is 2.75. The van der Waals surface area contributed by atoms with Crippen molar-refractivity contribution >= 4 is 11.9 Å². The zero-order valence-corrected chi connectivity index (χ0v) is 11.0. The number of carbonyl (C=O) groups excluding carboxylic acids is 1. The Hall–Kier alpha value is -1.06.